The van der Waals surface area contributed by atoms with E-state index in [4.69, 9.17) is 0 Å². The fourth-order valence-corrected chi connectivity index (χ4v) is 4.32. The highest BCUT2D eigenvalue weighted by Gasteiger charge is 2.44. The Morgan fingerprint density at radius 2 is 1.23 bits per heavy atom. The summed E-state index contributed by atoms with van der Waals surface area (Å²) in [5.74, 6) is -10.6. The summed E-state index contributed by atoms with van der Waals surface area (Å²) in [6.07, 6.45) is 0.527. The van der Waals surface area contributed by atoms with E-state index in [0.29, 0.717) is 0 Å². The Morgan fingerprint density at radius 1 is 0.818 bits per heavy atom. The zero-order chi connectivity index (χ0) is 16.7. The van der Waals surface area contributed by atoms with Crippen LogP contribution in [0.25, 0.3) is 0 Å². The van der Waals surface area contributed by atoms with Crippen molar-refractivity contribution < 1.29 is 36.0 Å². The van der Waals surface area contributed by atoms with Crippen molar-refractivity contribution in [1.82, 2.24) is 0 Å². The molecule has 0 atom stereocenters. The minimum Gasteiger partial charge on any atom is -0.390 e. The predicted octanol–water partition coefficient (Wildman–Crippen LogP) is 2.98. The maximum Gasteiger partial charge on any atom is 0.498 e. The maximum atomic E-state index is 13.7. The van der Waals surface area contributed by atoms with Gasteiger partial charge in [-0.2, -0.15) is 0 Å². The van der Waals surface area contributed by atoms with Crippen LogP contribution in [-0.4, -0.2) is 25.5 Å². The van der Waals surface area contributed by atoms with Crippen molar-refractivity contribution in [2.24, 2.45) is 0 Å². The normalized spacial score (nSPS) is 22.9. The zero-order valence-electron chi connectivity index (χ0n) is 11.7. The second kappa shape index (κ2) is 6.23. The monoisotopic (exact) mass is 342 g/mol. The fraction of sp³-hybridized carbons (Fsp3) is 0.538. The van der Waals surface area contributed by atoms with Crippen molar-refractivity contribution in [1.29, 1.82) is 0 Å². The largest absolute Gasteiger partial charge is 0.498 e. The summed E-state index contributed by atoms with van der Waals surface area (Å²) in [5, 5.41) is 0. The van der Waals surface area contributed by atoms with Gasteiger partial charge in [0.25, 0.3) is 0 Å². The van der Waals surface area contributed by atoms with E-state index < -0.39 is 54.9 Å². The molecule has 0 spiro atoms. The molecule has 1 saturated carbocycles. The van der Waals surface area contributed by atoms with Crippen molar-refractivity contribution in [2.45, 2.75) is 37.1 Å². The lowest BCUT2D eigenvalue weighted by Gasteiger charge is -2.33. The average Bonchev–Trinajstić information content (AvgIpc) is 2.52. The van der Waals surface area contributed by atoms with E-state index >= 15 is 0 Å². The van der Waals surface area contributed by atoms with E-state index in [1.165, 1.54) is 0 Å². The van der Waals surface area contributed by atoms with Gasteiger partial charge in [-0.3, -0.25) is 0 Å². The molecule has 0 saturated heterocycles. The van der Waals surface area contributed by atoms with Crippen molar-refractivity contribution in [2.75, 3.05) is 7.11 Å². The van der Waals surface area contributed by atoms with Crippen molar-refractivity contribution >= 4 is 8.80 Å². The fourth-order valence-electron chi connectivity index (χ4n) is 2.91. The lowest BCUT2D eigenvalue weighted by atomic mass is 9.83. The van der Waals surface area contributed by atoms with Crippen LogP contribution in [0.4, 0.5) is 22.0 Å². The first-order chi connectivity index (χ1) is 10.2. The SMILES string of the molecule is CO[Si](O)(O)C1CCC(c2c(F)c(F)c(F)c(F)c2F)CC1. The molecule has 1 aliphatic carbocycles. The lowest BCUT2D eigenvalue weighted by molar-refractivity contribution is 0.157. The highest BCUT2D eigenvalue weighted by molar-refractivity contribution is 6.59. The molecular weight excluding hydrogens is 327 g/mol. The van der Waals surface area contributed by atoms with Gasteiger partial charge < -0.3 is 14.0 Å². The average molecular weight is 342 g/mol. The van der Waals surface area contributed by atoms with Crippen LogP contribution in [0.15, 0.2) is 0 Å². The van der Waals surface area contributed by atoms with Crippen LogP contribution >= 0.6 is 0 Å². The summed E-state index contributed by atoms with van der Waals surface area (Å²) in [7, 11) is -2.71. The van der Waals surface area contributed by atoms with Crippen LogP contribution in [0.5, 0.6) is 0 Å². The number of halogens is 5. The van der Waals surface area contributed by atoms with Crippen molar-refractivity contribution in [3.63, 3.8) is 0 Å². The van der Waals surface area contributed by atoms with E-state index in [1.54, 1.807) is 0 Å². The van der Waals surface area contributed by atoms with Gasteiger partial charge in [-0.25, -0.2) is 22.0 Å². The number of benzene rings is 1. The first-order valence-electron chi connectivity index (χ1n) is 6.71. The van der Waals surface area contributed by atoms with Crippen LogP contribution in [0.1, 0.15) is 37.2 Å². The Bertz CT molecular complexity index is 544. The smallest absolute Gasteiger partial charge is 0.390 e. The summed E-state index contributed by atoms with van der Waals surface area (Å²) >= 11 is 0. The summed E-state index contributed by atoms with van der Waals surface area (Å²) in [6, 6.07) is 0. The molecule has 0 bridgehead atoms. The molecule has 0 aliphatic heterocycles. The van der Waals surface area contributed by atoms with E-state index in [-0.39, 0.29) is 25.7 Å². The van der Waals surface area contributed by atoms with Gasteiger partial charge in [0.05, 0.1) is 0 Å². The predicted molar refractivity (Wildman–Crippen MR) is 68.4 cm³/mol. The Hall–Kier alpha value is -1.03. The second-order valence-electron chi connectivity index (χ2n) is 5.39. The molecule has 9 heteroatoms. The molecule has 22 heavy (non-hydrogen) atoms. The third-order valence-electron chi connectivity index (χ3n) is 4.21. The molecule has 1 aromatic carbocycles. The number of hydrogen-bond donors (Lipinski definition) is 2. The van der Waals surface area contributed by atoms with Gasteiger partial charge in [-0.15, -0.1) is 0 Å². The minimum atomic E-state index is -3.86. The molecule has 2 rings (SSSR count). The Balaban J connectivity index is 2.26. The third kappa shape index (κ3) is 2.90. The van der Waals surface area contributed by atoms with Crippen LogP contribution in [0.2, 0.25) is 5.54 Å². The third-order valence-corrected chi connectivity index (χ3v) is 6.45. The molecule has 0 amide bonds. The van der Waals surface area contributed by atoms with Gasteiger partial charge in [-0.1, -0.05) is 0 Å². The lowest BCUT2D eigenvalue weighted by Crippen LogP contribution is -2.44. The van der Waals surface area contributed by atoms with Gasteiger partial charge in [0, 0.05) is 18.2 Å². The number of rotatable bonds is 3. The highest BCUT2D eigenvalue weighted by atomic mass is 28.4. The van der Waals surface area contributed by atoms with Crippen LogP contribution < -0.4 is 0 Å². The summed E-state index contributed by atoms with van der Waals surface area (Å²) in [5.41, 5.74) is -1.38. The van der Waals surface area contributed by atoms with Crippen molar-refractivity contribution in [3.8, 4) is 0 Å². The Labute approximate surface area is 124 Å². The molecule has 0 radical (unpaired) electrons. The summed E-state index contributed by atoms with van der Waals surface area (Å²) in [4.78, 5) is 19.4. The molecule has 1 fully saturated rings. The van der Waals surface area contributed by atoms with E-state index in [9.17, 15) is 31.5 Å². The molecule has 0 aromatic heterocycles. The molecule has 124 valence electrons. The quantitative estimate of drug-likeness (QED) is 0.384. The van der Waals surface area contributed by atoms with Crippen LogP contribution in [-0.2, 0) is 4.43 Å². The number of hydrogen-bond acceptors (Lipinski definition) is 3. The van der Waals surface area contributed by atoms with Gasteiger partial charge >= 0.3 is 8.80 Å². The van der Waals surface area contributed by atoms with E-state index in [1.807, 2.05) is 0 Å². The molecule has 1 aliphatic rings. The van der Waals surface area contributed by atoms with Crippen molar-refractivity contribution in [3.05, 3.63) is 34.6 Å². The standard InChI is InChI=1S/C13H15F5O3Si/c1-21-22(19,20)7-4-2-6(3-5-7)8-9(14)11(16)13(18)12(17)10(8)15/h6-7,19-20H,2-5H2,1H3. The molecule has 3 nitrogen and oxygen atoms in total. The van der Waals surface area contributed by atoms with E-state index in [2.05, 4.69) is 4.43 Å². The second-order valence-corrected chi connectivity index (χ2v) is 7.94. The topological polar surface area (TPSA) is 49.7 Å². The van der Waals surface area contributed by atoms with Crippen LogP contribution in [0, 0.1) is 29.1 Å². The zero-order valence-corrected chi connectivity index (χ0v) is 12.7. The molecule has 0 unspecified atom stereocenters. The summed E-state index contributed by atoms with van der Waals surface area (Å²) in [6.45, 7) is 0. The van der Waals surface area contributed by atoms with Gasteiger partial charge in [0.1, 0.15) is 0 Å². The molecule has 1 aromatic rings. The Kier molecular flexibility index (Phi) is 4.90. The highest BCUT2D eigenvalue weighted by Crippen LogP contribution is 2.44. The minimum absolute atomic E-state index is 0.0856. The molecule has 2 N–H and O–H groups in total. The molecule has 0 heterocycles. The summed E-state index contributed by atoms with van der Waals surface area (Å²) < 4.78 is 71.6. The molecular formula is C13H15F5O3Si. The first kappa shape index (κ1) is 17.3. The van der Waals surface area contributed by atoms with Gasteiger partial charge in [0.15, 0.2) is 23.3 Å². The first-order valence-corrected chi connectivity index (χ1v) is 8.59. The van der Waals surface area contributed by atoms with Gasteiger partial charge in [0.2, 0.25) is 5.82 Å². The van der Waals surface area contributed by atoms with Crippen LogP contribution in [0.3, 0.4) is 0 Å². The van der Waals surface area contributed by atoms with Gasteiger partial charge in [-0.05, 0) is 31.6 Å². The van der Waals surface area contributed by atoms with E-state index in [0.717, 1.165) is 7.11 Å². The Morgan fingerprint density at radius 3 is 1.64 bits per heavy atom. The maximum absolute atomic E-state index is 13.7.